The van der Waals surface area contributed by atoms with Crippen molar-refractivity contribution >= 4 is 0 Å². The average molecular weight is 306 g/mol. The maximum absolute atomic E-state index is 10.3. The van der Waals surface area contributed by atoms with E-state index in [2.05, 4.69) is 41.4 Å². The molecule has 1 aliphatic rings. The molecular weight excluding hydrogens is 276 g/mol. The van der Waals surface area contributed by atoms with Gasteiger partial charge in [-0.25, -0.2) is 0 Å². The Morgan fingerprint density at radius 3 is 2.86 bits per heavy atom. The van der Waals surface area contributed by atoms with E-state index < -0.39 is 6.10 Å². The van der Waals surface area contributed by atoms with Crippen LogP contribution in [0.1, 0.15) is 37.8 Å². The van der Waals surface area contributed by atoms with Gasteiger partial charge in [0.25, 0.3) is 0 Å². The normalized spacial score (nSPS) is 17.8. The van der Waals surface area contributed by atoms with Crippen LogP contribution >= 0.6 is 0 Å². The highest BCUT2D eigenvalue weighted by Gasteiger charge is 2.24. The second-order valence-electron chi connectivity index (χ2n) is 6.31. The molecule has 124 valence electrons. The zero-order chi connectivity index (χ0) is 15.8. The number of ether oxygens (including phenoxy) is 1. The van der Waals surface area contributed by atoms with E-state index in [0.29, 0.717) is 25.8 Å². The van der Waals surface area contributed by atoms with E-state index in [1.54, 1.807) is 6.08 Å². The third-order valence-corrected chi connectivity index (χ3v) is 4.50. The Bertz CT molecular complexity index is 438. The van der Waals surface area contributed by atoms with Crippen molar-refractivity contribution in [3.63, 3.8) is 0 Å². The molecule has 1 aromatic heterocycles. The summed E-state index contributed by atoms with van der Waals surface area (Å²) in [5, 5.41) is 10.3. The molecule has 0 radical (unpaired) electrons. The maximum atomic E-state index is 10.3. The predicted octanol–water partition coefficient (Wildman–Crippen LogP) is 2.72. The van der Waals surface area contributed by atoms with Crippen LogP contribution in [0.4, 0.5) is 0 Å². The van der Waals surface area contributed by atoms with Crippen LogP contribution in [0, 0.1) is 0 Å². The van der Waals surface area contributed by atoms with Gasteiger partial charge in [0.05, 0.1) is 19.3 Å². The number of nitrogens with zero attached hydrogens (tertiary/aromatic N) is 2. The van der Waals surface area contributed by atoms with E-state index in [1.165, 1.54) is 37.8 Å². The zero-order valence-electron chi connectivity index (χ0n) is 13.8. The lowest BCUT2D eigenvalue weighted by molar-refractivity contribution is 0.00895. The van der Waals surface area contributed by atoms with Crippen LogP contribution in [0.3, 0.4) is 0 Å². The van der Waals surface area contributed by atoms with Gasteiger partial charge in [0.1, 0.15) is 0 Å². The molecule has 1 unspecified atom stereocenters. The molecule has 0 spiro atoms. The highest BCUT2D eigenvalue weighted by molar-refractivity contribution is 5.06. The van der Waals surface area contributed by atoms with Gasteiger partial charge in [-0.2, -0.15) is 0 Å². The Balaban J connectivity index is 1.94. The SMILES string of the molecule is C=CCOCC(O)CN(Cc1cccn1C)C1CCCCC1. The molecule has 0 bridgehead atoms. The number of aliphatic hydroxyl groups excluding tert-OH is 1. The Kier molecular flexibility index (Phi) is 7.16. The average Bonchev–Trinajstić information content (AvgIpc) is 2.93. The summed E-state index contributed by atoms with van der Waals surface area (Å²) in [7, 11) is 2.08. The molecule has 0 saturated heterocycles. The van der Waals surface area contributed by atoms with Gasteiger partial charge in [-0.15, -0.1) is 6.58 Å². The Morgan fingerprint density at radius 2 is 2.23 bits per heavy atom. The molecule has 1 N–H and O–H groups in total. The van der Waals surface area contributed by atoms with Gasteiger partial charge in [0.2, 0.25) is 0 Å². The van der Waals surface area contributed by atoms with Gasteiger partial charge >= 0.3 is 0 Å². The lowest BCUT2D eigenvalue weighted by Crippen LogP contribution is -2.42. The summed E-state index contributed by atoms with van der Waals surface area (Å²) < 4.78 is 7.55. The third kappa shape index (κ3) is 5.27. The Labute approximate surface area is 134 Å². The van der Waals surface area contributed by atoms with Crippen LogP contribution < -0.4 is 0 Å². The standard InChI is InChI=1S/C18H30N2O2/c1-3-12-22-15-18(21)14-20(16-8-5-4-6-9-16)13-17-10-7-11-19(17)2/h3,7,10-11,16,18,21H,1,4-6,8-9,12-15H2,2H3. The highest BCUT2D eigenvalue weighted by Crippen LogP contribution is 2.24. The summed E-state index contributed by atoms with van der Waals surface area (Å²) >= 11 is 0. The molecule has 0 aliphatic heterocycles. The molecule has 1 saturated carbocycles. The first-order valence-electron chi connectivity index (χ1n) is 8.41. The molecule has 4 nitrogen and oxygen atoms in total. The van der Waals surface area contributed by atoms with Gasteiger partial charge in [-0.1, -0.05) is 25.3 Å². The van der Waals surface area contributed by atoms with Crippen molar-refractivity contribution in [3.05, 3.63) is 36.7 Å². The van der Waals surface area contributed by atoms with Crippen LogP contribution in [0.25, 0.3) is 0 Å². The molecule has 2 rings (SSSR count). The van der Waals surface area contributed by atoms with Crippen molar-refractivity contribution in [3.8, 4) is 0 Å². The molecule has 0 amide bonds. The second-order valence-corrected chi connectivity index (χ2v) is 6.31. The van der Waals surface area contributed by atoms with Crippen molar-refractivity contribution in [1.29, 1.82) is 0 Å². The highest BCUT2D eigenvalue weighted by atomic mass is 16.5. The van der Waals surface area contributed by atoms with Crippen molar-refractivity contribution in [2.75, 3.05) is 19.8 Å². The fourth-order valence-electron chi connectivity index (χ4n) is 3.27. The molecule has 1 atom stereocenters. The van der Waals surface area contributed by atoms with Crippen LogP contribution in [-0.2, 0) is 18.3 Å². The molecule has 22 heavy (non-hydrogen) atoms. The lowest BCUT2D eigenvalue weighted by atomic mass is 9.94. The minimum Gasteiger partial charge on any atom is -0.389 e. The summed E-state index contributed by atoms with van der Waals surface area (Å²) in [5.41, 5.74) is 1.30. The first-order chi connectivity index (χ1) is 10.7. The Hall–Kier alpha value is -1.10. The van der Waals surface area contributed by atoms with Crippen LogP contribution in [-0.4, -0.2) is 46.5 Å². The van der Waals surface area contributed by atoms with Gasteiger partial charge < -0.3 is 14.4 Å². The summed E-state index contributed by atoms with van der Waals surface area (Å²) in [5.74, 6) is 0. The quantitative estimate of drug-likeness (QED) is 0.563. The van der Waals surface area contributed by atoms with Crippen molar-refractivity contribution in [2.45, 2.75) is 50.8 Å². The number of aromatic nitrogens is 1. The zero-order valence-corrected chi connectivity index (χ0v) is 13.8. The van der Waals surface area contributed by atoms with Crippen LogP contribution in [0.2, 0.25) is 0 Å². The van der Waals surface area contributed by atoms with Crippen molar-refractivity contribution in [2.24, 2.45) is 7.05 Å². The number of aliphatic hydroxyl groups is 1. The minimum absolute atomic E-state index is 0.377. The van der Waals surface area contributed by atoms with E-state index >= 15 is 0 Å². The summed E-state index contributed by atoms with van der Waals surface area (Å²) in [6.07, 6.45) is 9.79. The van der Waals surface area contributed by atoms with E-state index in [1.807, 2.05) is 0 Å². The van der Waals surface area contributed by atoms with Crippen LogP contribution in [0.15, 0.2) is 31.0 Å². The number of hydrogen-bond donors (Lipinski definition) is 1. The molecule has 0 aromatic carbocycles. The molecule has 1 fully saturated rings. The summed E-state index contributed by atoms with van der Waals surface area (Å²) in [4.78, 5) is 2.44. The number of aryl methyl sites for hydroxylation is 1. The molecule has 1 heterocycles. The fourth-order valence-corrected chi connectivity index (χ4v) is 3.27. The molecule has 1 aliphatic carbocycles. The smallest absolute Gasteiger partial charge is 0.0900 e. The monoisotopic (exact) mass is 306 g/mol. The fraction of sp³-hybridized carbons (Fsp3) is 0.667. The first kappa shape index (κ1) is 17.3. The van der Waals surface area contributed by atoms with Gasteiger partial charge in [0.15, 0.2) is 0 Å². The van der Waals surface area contributed by atoms with Gasteiger partial charge in [-0.3, -0.25) is 4.90 Å². The maximum Gasteiger partial charge on any atom is 0.0900 e. The summed E-state index contributed by atoms with van der Waals surface area (Å²) in [6, 6.07) is 4.83. The lowest BCUT2D eigenvalue weighted by Gasteiger charge is -2.35. The number of rotatable bonds is 9. The minimum atomic E-state index is -0.442. The third-order valence-electron chi connectivity index (χ3n) is 4.50. The van der Waals surface area contributed by atoms with E-state index in [4.69, 9.17) is 4.74 Å². The Morgan fingerprint density at radius 1 is 1.45 bits per heavy atom. The first-order valence-corrected chi connectivity index (χ1v) is 8.41. The van der Waals surface area contributed by atoms with Crippen molar-refractivity contribution < 1.29 is 9.84 Å². The van der Waals surface area contributed by atoms with Crippen molar-refractivity contribution in [1.82, 2.24) is 9.47 Å². The summed E-state index contributed by atoms with van der Waals surface area (Å²) in [6.45, 7) is 6.08. The van der Waals surface area contributed by atoms with Gasteiger partial charge in [0, 0.05) is 38.1 Å². The predicted molar refractivity (Wildman–Crippen MR) is 89.7 cm³/mol. The largest absolute Gasteiger partial charge is 0.389 e. The topological polar surface area (TPSA) is 37.6 Å². The molecule has 1 aromatic rings. The number of hydrogen-bond acceptors (Lipinski definition) is 3. The molecular formula is C18H30N2O2. The second kappa shape index (κ2) is 9.13. The van der Waals surface area contributed by atoms with E-state index in [9.17, 15) is 5.11 Å². The van der Waals surface area contributed by atoms with Gasteiger partial charge in [-0.05, 0) is 25.0 Å². The molecule has 4 heteroatoms. The van der Waals surface area contributed by atoms with Crippen LogP contribution in [0.5, 0.6) is 0 Å². The van der Waals surface area contributed by atoms with E-state index in [0.717, 1.165) is 6.54 Å². The van der Waals surface area contributed by atoms with E-state index in [-0.39, 0.29) is 0 Å².